The molecule has 4 aromatic rings. The van der Waals surface area contributed by atoms with Crippen LogP contribution in [-0.2, 0) is 6.54 Å². The number of hydrogen-bond acceptors (Lipinski definition) is 5. The molecule has 0 N–H and O–H groups in total. The lowest BCUT2D eigenvalue weighted by molar-refractivity contribution is 0.198. The molecule has 1 fully saturated rings. The number of piperidine rings is 1. The lowest BCUT2D eigenvalue weighted by atomic mass is 9.90. The van der Waals surface area contributed by atoms with Crippen molar-refractivity contribution in [2.24, 2.45) is 0 Å². The number of aromatic nitrogens is 3. The lowest BCUT2D eigenvalue weighted by Crippen LogP contribution is -2.34. The second-order valence-electron chi connectivity index (χ2n) is 7.45. The fourth-order valence-corrected chi connectivity index (χ4v) is 5.40. The number of halogens is 1. The maximum absolute atomic E-state index is 6.47. The van der Waals surface area contributed by atoms with E-state index in [1.807, 2.05) is 36.5 Å². The highest BCUT2D eigenvalue weighted by molar-refractivity contribution is 7.18. The van der Waals surface area contributed by atoms with Gasteiger partial charge in [-0.1, -0.05) is 41.9 Å². The van der Waals surface area contributed by atoms with Crippen molar-refractivity contribution in [1.82, 2.24) is 19.9 Å². The molecule has 4 nitrogen and oxygen atoms in total. The molecule has 1 unspecified atom stereocenters. The van der Waals surface area contributed by atoms with Gasteiger partial charge in [-0.2, -0.15) is 0 Å². The van der Waals surface area contributed by atoms with Crippen LogP contribution in [0.15, 0.2) is 61.1 Å². The van der Waals surface area contributed by atoms with Crippen LogP contribution in [0.5, 0.6) is 0 Å². The number of fused-ring (bicyclic) bond motifs is 1. The molecule has 0 spiro atoms. The third kappa shape index (κ3) is 3.90. The van der Waals surface area contributed by atoms with E-state index in [2.05, 4.69) is 33.1 Å². The zero-order chi connectivity index (χ0) is 19.6. The van der Waals surface area contributed by atoms with Crippen LogP contribution < -0.4 is 0 Å². The van der Waals surface area contributed by atoms with E-state index in [-0.39, 0.29) is 0 Å². The van der Waals surface area contributed by atoms with Gasteiger partial charge in [0.2, 0.25) is 0 Å². The average Bonchev–Trinajstić information content (AvgIpc) is 3.16. The molecule has 0 radical (unpaired) electrons. The zero-order valence-electron chi connectivity index (χ0n) is 16.0. The molecule has 5 rings (SSSR count). The first kappa shape index (κ1) is 18.7. The summed E-state index contributed by atoms with van der Waals surface area (Å²) in [6.45, 7) is 2.96. The molecule has 0 saturated carbocycles. The maximum atomic E-state index is 6.47. The number of nitrogens with zero attached hydrogens (tertiary/aromatic N) is 4. The molecular formula is C23H21ClN4S. The Morgan fingerprint density at radius 2 is 1.93 bits per heavy atom. The van der Waals surface area contributed by atoms with Crippen molar-refractivity contribution < 1.29 is 0 Å². The van der Waals surface area contributed by atoms with Gasteiger partial charge in [0.05, 0.1) is 22.5 Å². The van der Waals surface area contributed by atoms with E-state index in [0.29, 0.717) is 5.92 Å². The Bertz CT molecular complexity index is 1110. The van der Waals surface area contributed by atoms with E-state index in [9.17, 15) is 0 Å². The highest BCUT2D eigenvalue weighted by Gasteiger charge is 2.26. The van der Waals surface area contributed by atoms with Crippen LogP contribution in [0.3, 0.4) is 0 Å². The third-order valence-corrected chi connectivity index (χ3v) is 6.85. The summed E-state index contributed by atoms with van der Waals surface area (Å²) >= 11 is 8.27. The van der Waals surface area contributed by atoms with E-state index in [4.69, 9.17) is 16.6 Å². The Kier molecular flexibility index (Phi) is 5.27. The summed E-state index contributed by atoms with van der Waals surface area (Å²) in [5.41, 5.74) is 4.25. The molecule has 1 aliphatic heterocycles. The highest BCUT2D eigenvalue weighted by atomic mass is 35.5. The SMILES string of the molecule is Clc1ccccc1-c1cncnc1C1CCCN(Cc2nc3ccccc3s2)C1. The van der Waals surface area contributed by atoms with Gasteiger partial charge in [0, 0.05) is 34.8 Å². The number of likely N-dealkylation sites (tertiary alicyclic amines) is 1. The van der Waals surface area contributed by atoms with Crippen molar-refractivity contribution in [3.63, 3.8) is 0 Å². The Labute approximate surface area is 179 Å². The van der Waals surface area contributed by atoms with E-state index >= 15 is 0 Å². The Hall–Kier alpha value is -2.34. The van der Waals surface area contributed by atoms with Gasteiger partial charge in [-0.3, -0.25) is 4.90 Å². The second-order valence-corrected chi connectivity index (χ2v) is 8.97. The van der Waals surface area contributed by atoms with Gasteiger partial charge in [0.1, 0.15) is 11.3 Å². The number of thiazole rings is 1. The maximum Gasteiger partial charge on any atom is 0.115 e. The predicted octanol–water partition coefficient (Wildman–Crippen LogP) is 5.79. The summed E-state index contributed by atoms with van der Waals surface area (Å²) in [7, 11) is 0. The van der Waals surface area contributed by atoms with Gasteiger partial charge in [-0.25, -0.2) is 15.0 Å². The van der Waals surface area contributed by atoms with Gasteiger partial charge in [-0.15, -0.1) is 11.3 Å². The molecule has 29 heavy (non-hydrogen) atoms. The van der Waals surface area contributed by atoms with Crippen LogP contribution in [0.2, 0.25) is 5.02 Å². The number of para-hydroxylation sites is 1. The van der Waals surface area contributed by atoms with E-state index in [0.717, 1.165) is 59.8 Å². The third-order valence-electron chi connectivity index (χ3n) is 5.50. The Balaban J connectivity index is 1.39. The van der Waals surface area contributed by atoms with Crippen molar-refractivity contribution in [2.45, 2.75) is 25.3 Å². The molecule has 1 atom stereocenters. The molecule has 0 bridgehead atoms. The molecule has 0 amide bonds. The second kappa shape index (κ2) is 8.19. The molecule has 2 aromatic heterocycles. The Morgan fingerprint density at radius 1 is 1.07 bits per heavy atom. The predicted molar refractivity (Wildman–Crippen MR) is 119 cm³/mol. The minimum Gasteiger partial charge on any atom is -0.296 e. The first-order valence-corrected chi connectivity index (χ1v) is 11.1. The summed E-state index contributed by atoms with van der Waals surface area (Å²) in [5, 5.41) is 1.92. The first-order chi connectivity index (χ1) is 14.3. The monoisotopic (exact) mass is 420 g/mol. The number of benzene rings is 2. The van der Waals surface area contributed by atoms with Crippen molar-refractivity contribution in [3.05, 3.63) is 76.8 Å². The van der Waals surface area contributed by atoms with Crippen LogP contribution in [0.1, 0.15) is 29.5 Å². The Morgan fingerprint density at radius 3 is 2.83 bits per heavy atom. The van der Waals surface area contributed by atoms with E-state index < -0.39 is 0 Å². The van der Waals surface area contributed by atoms with E-state index in [1.54, 1.807) is 17.7 Å². The lowest BCUT2D eigenvalue weighted by Gasteiger charge is -2.32. The largest absolute Gasteiger partial charge is 0.296 e. The molecule has 3 heterocycles. The summed E-state index contributed by atoms with van der Waals surface area (Å²) < 4.78 is 1.26. The minimum atomic E-state index is 0.368. The van der Waals surface area contributed by atoms with Crippen LogP contribution in [-0.4, -0.2) is 32.9 Å². The summed E-state index contributed by atoms with van der Waals surface area (Å²) in [5.74, 6) is 0.368. The van der Waals surface area contributed by atoms with Crippen LogP contribution in [0, 0.1) is 0 Å². The van der Waals surface area contributed by atoms with Crippen molar-refractivity contribution in [1.29, 1.82) is 0 Å². The van der Waals surface area contributed by atoms with Gasteiger partial charge in [-0.05, 0) is 37.6 Å². The average molecular weight is 421 g/mol. The molecule has 146 valence electrons. The van der Waals surface area contributed by atoms with Gasteiger partial charge >= 0.3 is 0 Å². The van der Waals surface area contributed by atoms with Crippen molar-refractivity contribution in [2.75, 3.05) is 13.1 Å². The molecule has 1 saturated heterocycles. The van der Waals surface area contributed by atoms with Crippen LogP contribution >= 0.6 is 22.9 Å². The zero-order valence-corrected chi connectivity index (χ0v) is 17.5. The molecular weight excluding hydrogens is 400 g/mol. The normalized spacial score (nSPS) is 17.6. The standard InChI is InChI=1S/C23H21ClN4S/c24-19-8-2-1-7-17(19)18-12-25-15-26-23(18)16-6-5-11-28(13-16)14-22-27-20-9-3-4-10-21(20)29-22/h1-4,7-10,12,15-16H,5-6,11,13-14H2. The molecule has 2 aromatic carbocycles. The van der Waals surface area contributed by atoms with Crippen LogP contribution in [0.4, 0.5) is 0 Å². The fraction of sp³-hybridized carbons (Fsp3) is 0.261. The highest BCUT2D eigenvalue weighted by Crippen LogP contribution is 2.36. The van der Waals surface area contributed by atoms with Gasteiger partial charge < -0.3 is 0 Å². The smallest absolute Gasteiger partial charge is 0.115 e. The van der Waals surface area contributed by atoms with Crippen molar-refractivity contribution >= 4 is 33.2 Å². The molecule has 0 aliphatic carbocycles. The summed E-state index contributed by atoms with van der Waals surface area (Å²) in [4.78, 5) is 16.3. The fourth-order valence-electron chi connectivity index (χ4n) is 4.15. The quantitative estimate of drug-likeness (QED) is 0.419. The van der Waals surface area contributed by atoms with Gasteiger partial charge in [0.25, 0.3) is 0 Å². The molecule has 6 heteroatoms. The number of rotatable bonds is 4. The topological polar surface area (TPSA) is 41.9 Å². The van der Waals surface area contributed by atoms with Crippen molar-refractivity contribution in [3.8, 4) is 11.1 Å². The summed E-state index contributed by atoms with van der Waals surface area (Å²) in [6.07, 6.45) is 5.84. The molecule has 1 aliphatic rings. The van der Waals surface area contributed by atoms with Gasteiger partial charge in [0.15, 0.2) is 0 Å². The van der Waals surface area contributed by atoms with E-state index in [1.165, 1.54) is 9.71 Å². The minimum absolute atomic E-state index is 0.368. The van der Waals surface area contributed by atoms with Crippen LogP contribution in [0.25, 0.3) is 21.3 Å². The number of hydrogen-bond donors (Lipinski definition) is 0. The summed E-state index contributed by atoms with van der Waals surface area (Å²) in [6, 6.07) is 16.3. The first-order valence-electron chi connectivity index (χ1n) is 9.89.